The van der Waals surface area contributed by atoms with Crippen LogP contribution in [0.4, 0.5) is 17.1 Å². The molecule has 350 valence electrons. The van der Waals surface area contributed by atoms with Crippen molar-refractivity contribution in [3.8, 4) is 22.3 Å². The lowest BCUT2D eigenvalue weighted by atomic mass is 9.46. The van der Waals surface area contributed by atoms with E-state index in [1.807, 2.05) is 0 Å². The van der Waals surface area contributed by atoms with Crippen molar-refractivity contribution in [3.63, 3.8) is 0 Å². The number of aryl methyl sites for hydroxylation is 1. The fraction of sp³-hybridized carbons (Fsp3) is 0.373. The minimum atomic E-state index is -0.143. The summed E-state index contributed by atoms with van der Waals surface area (Å²) in [5.74, 6) is 5.37. The molecular formula is C67H63BN2O. The third-order valence-corrected chi connectivity index (χ3v) is 20.8. The third-order valence-electron chi connectivity index (χ3n) is 20.8. The molecule has 0 amide bonds. The molecule has 8 fully saturated rings. The van der Waals surface area contributed by atoms with Crippen molar-refractivity contribution >= 4 is 78.6 Å². The summed E-state index contributed by atoms with van der Waals surface area (Å²) >= 11 is 0. The van der Waals surface area contributed by atoms with Crippen LogP contribution in [0.5, 0.6) is 0 Å². The Kier molecular flexibility index (Phi) is 7.85. The van der Waals surface area contributed by atoms with Gasteiger partial charge in [-0.3, -0.25) is 0 Å². The number of fused-ring (bicyclic) bond motifs is 11. The highest BCUT2D eigenvalue weighted by Crippen LogP contribution is 2.64. The number of hydrogen-bond donors (Lipinski definition) is 0. The molecule has 4 heteroatoms. The maximum Gasteiger partial charge on any atom is 0.375 e. The Bertz CT molecular complexity index is 3730. The van der Waals surface area contributed by atoms with Gasteiger partial charge in [0.15, 0.2) is 0 Å². The average Bonchev–Trinajstić information content (AvgIpc) is 3.91. The molecule has 9 aromatic rings. The maximum absolute atomic E-state index is 7.74. The molecule has 0 radical (unpaired) electrons. The van der Waals surface area contributed by atoms with Crippen LogP contribution in [0.15, 0.2) is 132 Å². The number of anilines is 3. The van der Waals surface area contributed by atoms with Gasteiger partial charge in [0.25, 0.3) is 0 Å². The second kappa shape index (κ2) is 13.7. The van der Waals surface area contributed by atoms with Gasteiger partial charge in [-0.2, -0.15) is 0 Å². The molecule has 7 aromatic carbocycles. The highest BCUT2D eigenvalue weighted by atomic mass is 16.3. The van der Waals surface area contributed by atoms with Gasteiger partial charge < -0.3 is 13.8 Å². The van der Waals surface area contributed by atoms with E-state index in [1.54, 1.807) is 11.1 Å². The SMILES string of the molecule is Cc1cc2c3c(c1)N(c1ccc(C(C)(C)C)cc1-c1ccccc1)c1c(oc4c1ccc1ccccc14)B3n1c3ccc(C45CC6CC(CC(C6)C4)C5)cc3c3cc(C45CC6CC(CC(C6)C4)C5)cc-2c31. The molecule has 0 atom stereocenters. The fourth-order valence-electron chi connectivity index (χ4n) is 18.7. The van der Waals surface area contributed by atoms with Crippen molar-refractivity contribution in [2.24, 2.45) is 35.5 Å². The van der Waals surface area contributed by atoms with E-state index in [-0.39, 0.29) is 17.7 Å². The number of nitrogens with zero attached hydrogens (tertiary/aromatic N) is 2. The van der Waals surface area contributed by atoms with Crippen LogP contribution in [0.2, 0.25) is 0 Å². The monoisotopic (exact) mass is 923 g/mol. The summed E-state index contributed by atoms with van der Waals surface area (Å²) in [5.41, 5.74) is 21.6. The maximum atomic E-state index is 7.74. The van der Waals surface area contributed by atoms with Crippen LogP contribution in [0.25, 0.3) is 65.8 Å². The molecule has 2 aromatic heterocycles. The number of rotatable bonds is 4. The molecular weight excluding hydrogens is 860 g/mol. The van der Waals surface area contributed by atoms with Crippen LogP contribution in [0, 0.1) is 42.4 Å². The van der Waals surface area contributed by atoms with Crippen LogP contribution < -0.4 is 16.0 Å². The molecule has 0 unspecified atom stereocenters. The topological polar surface area (TPSA) is 21.3 Å². The summed E-state index contributed by atoms with van der Waals surface area (Å²) in [4.78, 5) is 2.65. The van der Waals surface area contributed by atoms with Gasteiger partial charge in [-0.1, -0.05) is 99.6 Å². The van der Waals surface area contributed by atoms with Gasteiger partial charge >= 0.3 is 6.85 Å². The van der Waals surface area contributed by atoms with Crippen molar-refractivity contribution in [3.05, 3.63) is 150 Å². The van der Waals surface area contributed by atoms with Gasteiger partial charge in [-0.05, 0) is 228 Å². The molecule has 0 N–H and O–H groups in total. The average molecular weight is 923 g/mol. The summed E-state index contributed by atoms with van der Waals surface area (Å²) in [6.07, 6.45) is 17.1. The number of hydrogen-bond acceptors (Lipinski definition) is 2. The van der Waals surface area contributed by atoms with Crippen molar-refractivity contribution in [2.75, 3.05) is 4.90 Å². The van der Waals surface area contributed by atoms with Crippen molar-refractivity contribution in [1.82, 2.24) is 4.48 Å². The summed E-state index contributed by atoms with van der Waals surface area (Å²) < 4.78 is 10.5. The molecule has 8 bridgehead atoms. The Labute approximate surface area is 418 Å². The minimum absolute atomic E-state index is 0.0154. The molecule has 8 aliphatic carbocycles. The molecule has 10 aliphatic rings. The smallest absolute Gasteiger partial charge is 0.375 e. The molecule has 2 aliphatic heterocycles. The molecule has 0 saturated heterocycles. The van der Waals surface area contributed by atoms with Crippen molar-refractivity contribution < 1.29 is 4.42 Å². The summed E-state index contributed by atoms with van der Waals surface area (Å²) in [7, 11) is 0. The number of furan rings is 1. The first-order chi connectivity index (χ1) is 34.5. The first-order valence-corrected chi connectivity index (χ1v) is 27.8. The summed E-state index contributed by atoms with van der Waals surface area (Å²) in [6, 6.07) is 50.6. The van der Waals surface area contributed by atoms with Gasteiger partial charge in [0.05, 0.1) is 11.4 Å². The van der Waals surface area contributed by atoms with E-state index in [0.29, 0.717) is 5.41 Å². The fourth-order valence-corrected chi connectivity index (χ4v) is 18.7. The van der Waals surface area contributed by atoms with Crippen LogP contribution in [0.3, 0.4) is 0 Å². The summed E-state index contributed by atoms with van der Waals surface area (Å²) in [6.45, 7) is 9.24. The van der Waals surface area contributed by atoms with Crippen LogP contribution in [-0.2, 0) is 16.2 Å². The van der Waals surface area contributed by atoms with Crippen LogP contribution >= 0.6 is 0 Å². The second-order valence-corrected chi connectivity index (χ2v) is 26.2. The molecule has 8 saturated carbocycles. The second-order valence-electron chi connectivity index (χ2n) is 26.2. The van der Waals surface area contributed by atoms with E-state index in [9.17, 15) is 0 Å². The molecule has 4 heterocycles. The van der Waals surface area contributed by atoms with E-state index in [2.05, 4.69) is 164 Å². The molecule has 71 heavy (non-hydrogen) atoms. The van der Waals surface area contributed by atoms with Gasteiger partial charge in [-0.15, -0.1) is 0 Å². The van der Waals surface area contributed by atoms with Crippen molar-refractivity contribution in [1.29, 1.82) is 0 Å². The Balaban J connectivity index is 0.989. The Morgan fingerprint density at radius 3 is 1.87 bits per heavy atom. The lowest BCUT2D eigenvalue weighted by Crippen LogP contribution is -2.56. The van der Waals surface area contributed by atoms with Gasteiger partial charge in [-0.25, -0.2) is 0 Å². The van der Waals surface area contributed by atoms with E-state index in [1.165, 1.54) is 171 Å². The van der Waals surface area contributed by atoms with Gasteiger partial charge in [0, 0.05) is 49.4 Å². The Hall–Kier alpha value is -6.00. The van der Waals surface area contributed by atoms with Gasteiger partial charge in [0.2, 0.25) is 0 Å². The minimum Gasteiger partial charge on any atom is -0.465 e. The zero-order valence-corrected chi connectivity index (χ0v) is 42.0. The highest BCUT2D eigenvalue weighted by molar-refractivity contribution is 6.89. The standard InChI is InChI=1S/C67H63BN2O/c1-38-20-54-56-31-49(67-35-42-25-43(36-67)27-44(26-42)37-67)30-55-53-29-48(66-32-39-22-40(33-66)24-41(23-39)34-66)16-19-58(53)70(61(55)56)68-60(54)59(21-38)69(62-51-17-14-46-12-8-9-13-50(46)63(51)71-64(62)68)57-18-15-47(65(2,3)4)28-52(57)45-10-6-5-7-11-45/h5-21,28-31,39-44H,22-27,32-37H2,1-4H3. The van der Waals surface area contributed by atoms with E-state index < -0.39 is 0 Å². The number of aromatic nitrogens is 1. The number of benzene rings is 7. The van der Waals surface area contributed by atoms with Gasteiger partial charge in [0.1, 0.15) is 11.2 Å². The predicted octanol–water partition coefficient (Wildman–Crippen LogP) is 16.3. The lowest BCUT2D eigenvalue weighted by molar-refractivity contribution is -0.00527. The molecule has 0 spiro atoms. The Morgan fingerprint density at radius 2 is 1.18 bits per heavy atom. The quantitative estimate of drug-likeness (QED) is 0.164. The normalized spacial score (nSPS) is 28.5. The van der Waals surface area contributed by atoms with E-state index >= 15 is 0 Å². The zero-order chi connectivity index (χ0) is 46.9. The first-order valence-electron chi connectivity index (χ1n) is 27.8. The first kappa shape index (κ1) is 40.6. The highest BCUT2D eigenvalue weighted by Gasteiger charge is 2.54. The lowest BCUT2D eigenvalue weighted by Gasteiger charge is -2.57. The Morgan fingerprint density at radius 1 is 0.535 bits per heavy atom. The molecule has 3 nitrogen and oxygen atoms in total. The third kappa shape index (κ3) is 5.47. The zero-order valence-electron chi connectivity index (χ0n) is 42.0. The van der Waals surface area contributed by atoms with Crippen molar-refractivity contribution in [2.45, 2.75) is 121 Å². The van der Waals surface area contributed by atoms with E-state index in [4.69, 9.17) is 4.42 Å². The predicted molar refractivity (Wildman–Crippen MR) is 296 cm³/mol. The van der Waals surface area contributed by atoms with Crippen LogP contribution in [0.1, 0.15) is 120 Å². The summed E-state index contributed by atoms with van der Waals surface area (Å²) in [5, 5.41) is 6.51. The van der Waals surface area contributed by atoms with E-state index in [0.717, 1.165) is 46.8 Å². The molecule has 19 rings (SSSR count). The largest absolute Gasteiger partial charge is 0.465 e. The van der Waals surface area contributed by atoms with Crippen LogP contribution in [-0.4, -0.2) is 11.3 Å².